The van der Waals surface area contributed by atoms with Crippen LogP contribution in [0.25, 0.3) is 21.5 Å². The molecule has 0 bridgehead atoms. The normalized spacial score (nSPS) is 13.0. The zero-order valence-electron chi connectivity index (χ0n) is 16.2. The summed E-state index contributed by atoms with van der Waals surface area (Å²) in [5, 5.41) is 4.10. The van der Waals surface area contributed by atoms with Crippen molar-refractivity contribution in [3.8, 4) is 11.3 Å². The van der Waals surface area contributed by atoms with E-state index in [1.807, 2.05) is 31.2 Å². The molecule has 1 aliphatic rings. The number of thiophene rings is 1. The first-order valence-corrected chi connectivity index (χ1v) is 10.9. The van der Waals surface area contributed by atoms with Gasteiger partial charge in [0, 0.05) is 23.6 Å². The standard InChI is InChI=1S/C22H18ClN3O3S/c1-12-18-21(25-17-3-2-10-26(17)22(18)28)30-19(12)20(27)24-11-15-8-9-16(29-15)13-4-6-14(23)7-5-13/h4-9H,2-3,10-11H2,1H3,(H,24,27). The first-order chi connectivity index (χ1) is 14.5. The van der Waals surface area contributed by atoms with Gasteiger partial charge in [-0.25, -0.2) is 4.98 Å². The summed E-state index contributed by atoms with van der Waals surface area (Å²) in [6.45, 7) is 2.76. The second-order valence-corrected chi connectivity index (χ2v) is 8.72. The molecule has 0 unspecified atom stereocenters. The predicted octanol–water partition coefficient (Wildman–Crippen LogP) is 4.56. The van der Waals surface area contributed by atoms with Gasteiger partial charge < -0.3 is 9.73 Å². The molecule has 30 heavy (non-hydrogen) atoms. The van der Waals surface area contributed by atoms with Crippen LogP contribution in [0.1, 0.15) is 33.2 Å². The van der Waals surface area contributed by atoms with Crippen molar-refractivity contribution in [2.45, 2.75) is 32.9 Å². The number of nitrogens with zero attached hydrogens (tertiary/aromatic N) is 2. The first kappa shape index (κ1) is 19.1. The minimum Gasteiger partial charge on any atom is -0.459 e. The highest BCUT2D eigenvalue weighted by Gasteiger charge is 2.23. The minimum absolute atomic E-state index is 0.0426. The van der Waals surface area contributed by atoms with Gasteiger partial charge >= 0.3 is 0 Å². The maximum absolute atomic E-state index is 12.8. The number of fused-ring (bicyclic) bond motifs is 2. The minimum atomic E-state index is -0.232. The molecule has 4 heterocycles. The second-order valence-electron chi connectivity index (χ2n) is 7.28. The molecule has 152 valence electrons. The Morgan fingerprint density at radius 3 is 2.87 bits per heavy atom. The van der Waals surface area contributed by atoms with Gasteiger partial charge in [-0.05, 0) is 55.3 Å². The molecule has 1 aromatic carbocycles. The van der Waals surface area contributed by atoms with Crippen LogP contribution < -0.4 is 10.9 Å². The predicted molar refractivity (Wildman–Crippen MR) is 117 cm³/mol. The molecule has 0 aliphatic carbocycles. The van der Waals surface area contributed by atoms with Crippen molar-refractivity contribution in [2.24, 2.45) is 0 Å². The van der Waals surface area contributed by atoms with Crippen molar-refractivity contribution in [3.63, 3.8) is 0 Å². The van der Waals surface area contributed by atoms with Crippen molar-refractivity contribution in [1.82, 2.24) is 14.9 Å². The summed E-state index contributed by atoms with van der Waals surface area (Å²) < 4.78 is 7.56. The van der Waals surface area contributed by atoms with Crippen LogP contribution in [0, 0.1) is 6.92 Å². The van der Waals surface area contributed by atoms with Crippen molar-refractivity contribution >= 4 is 39.1 Å². The van der Waals surface area contributed by atoms with E-state index in [0.29, 0.717) is 43.7 Å². The summed E-state index contributed by atoms with van der Waals surface area (Å²) >= 11 is 7.20. The molecule has 0 atom stereocenters. The number of amides is 1. The lowest BCUT2D eigenvalue weighted by molar-refractivity contribution is 0.0951. The van der Waals surface area contributed by atoms with E-state index in [2.05, 4.69) is 10.3 Å². The number of rotatable bonds is 4. The second kappa shape index (κ2) is 7.41. The summed E-state index contributed by atoms with van der Waals surface area (Å²) in [7, 11) is 0. The van der Waals surface area contributed by atoms with Crippen LogP contribution in [0.5, 0.6) is 0 Å². The van der Waals surface area contributed by atoms with Gasteiger partial charge in [-0.3, -0.25) is 14.2 Å². The smallest absolute Gasteiger partial charge is 0.262 e. The summed E-state index contributed by atoms with van der Waals surface area (Å²) in [5.74, 6) is 1.93. The third-order valence-electron chi connectivity index (χ3n) is 5.33. The molecule has 0 spiro atoms. The highest BCUT2D eigenvalue weighted by Crippen LogP contribution is 2.29. The topological polar surface area (TPSA) is 77.1 Å². The number of nitrogens with one attached hydrogen (secondary N) is 1. The molecular weight excluding hydrogens is 422 g/mol. The fourth-order valence-electron chi connectivity index (χ4n) is 3.78. The van der Waals surface area contributed by atoms with Gasteiger partial charge in [-0.2, -0.15) is 0 Å². The van der Waals surface area contributed by atoms with Gasteiger partial charge in [0.05, 0.1) is 16.8 Å². The van der Waals surface area contributed by atoms with E-state index in [0.717, 1.165) is 24.2 Å². The number of carbonyl (C=O) groups excluding carboxylic acids is 1. The van der Waals surface area contributed by atoms with Gasteiger partial charge in [0.15, 0.2) is 0 Å². The molecule has 3 aromatic heterocycles. The molecule has 0 saturated carbocycles. The van der Waals surface area contributed by atoms with Gasteiger partial charge in [-0.1, -0.05) is 11.6 Å². The maximum Gasteiger partial charge on any atom is 0.262 e. The molecule has 1 aliphatic heterocycles. The number of aryl methyl sites for hydroxylation is 2. The quantitative estimate of drug-likeness (QED) is 0.505. The molecular formula is C22H18ClN3O3S. The third kappa shape index (κ3) is 3.24. The summed E-state index contributed by atoms with van der Waals surface area (Å²) in [6, 6.07) is 11.1. The largest absolute Gasteiger partial charge is 0.459 e. The number of hydrogen-bond donors (Lipinski definition) is 1. The molecule has 0 saturated heterocycles. The first-order valence-electron chi connectivity index (χ1n) is 9.67. The lowest BCUT2D eigenvalue weighted by atomic mass is 10.2. The van der Waals surface area contributed by atoms with Crippen molar-refractivity contribution in [1.29, 1.82) is 0 Å². The Morgan fingerprint density at radius 2 is 2.07 bits per heavy atom. The number of furan rings is 1. The highest BCUT2D eigenvalue weighted by molar-refractivity contribution is 7.20. The molecule has 0 fully saturated rings. The number of hydrogen-bond acceptors (Lipinski definition) is 5. The van der Waals surface area contributed by atoms with Crippen LogP contribution >= 0.6 is 22.9 Å². The number of halogens is 1. The molecule has 8 heteroatoms. The summed E-state index contributed by atoms with van der Waals surface area (Å²) in [6.07, 6.45) is 1.74. The van der Waals surface area contributed by atoms with Crippen LogP contribution in [-0.4, -0.2) is 15.5 Å². The fourth-order valence-corrected chi connectivity index (χ4v) is 5.01. The van der Waals surface area contributed by atoms with Gasteiger partial charge in [0.25, 0.3) is 11.5 Å². The molecule has 1 N–H and O–H groups in total. The third-order valence-corrected chi connectivity index (χ3v) is 6.77. The van der Waals surface area contributed by atoms with E-state index in [9.17, 15) is 9.59 Å². The van der Waals surface area contributed by atoms with Gasteiger partial charge in [0.1, 0.15) is 22.2 Å². The number of benzene rings is 1. The molecule has 6 nitrogen and oxygen atoms in total. The average molecular weight is 440 g/mol. The Balaban J connectivity index is 1.36. The lowest BCUT2D eigenvalue weighted by Crippen LogP contribution is -2.23. The van der Waals surface area contributed by atoms with E-state index in [4.69, 9.17) is 16.0 Å². The molecule has 5 rings (SSSR count). The Hall–Kier alpha value is -2.90. The van der Waals surface area contributed by atoms with Crippen LogP contribution in [0.3, 0.4) is 0 Å². The van der Waals surface area contributed by atoms with Crippen LogP contribution in [0.15, 0.2) is 45.6 Å². The summed E-state index contributed by atoms with van der Waals surface area (Å²) in [4.78, 5) is 31.4. The van der Waals surface area contributed by atoms with Gasteiger partial charge in [0.2, 0.25) is 0 Å². The number of aromatic nitrogens is 2. The number of carbonyl (C=O) groups is 1. The fraction of sp³-hybridized carbons (Fsp3) is 0.227. The van der Waals surface area contributed by atoms with Crippen molar-refractivity contribution in [3.05, 3.63) is 73.8 Å². The zero-order valence-corrected chi connectivity index (χ0v) is 17.8. The van der Waals surface area contributed by atoms with E-state index in [1.54, 1.807) is 16.7 Å². The molecule has 4 aromatic rings. The Bertz CT molecular complexity index is 1330. The SMILES string of the molecule is Cc1c(C(=O)NCc2ccc(-c3ccc(Cl)cc3)o2)sc2nc3n(c(=O)c12)CCC3. The van der Waals surface area contributed by atoms with Gasteiger partial charge in [-0.15, -0.1) is 11.3 Å². The van der Waals surface area contributed by atoms with Crippen LogP contribution in [0.2, 0.25) is 5.02 Å². The monoisotopic (exact) mass is 439 g/mol. The van der Waals surface area contributed by atoms with E-state index in [1.165, 1.54) is 11.3 Å². The van der Waals surface area contributed by atoms with E-state index >= 15 is 0 Å². The van der Waals surface area contributed by atoms with E-state index < -0.39 is 0 Å². The van der Waals surface area contributed by atoms with E-state index in [-0.39, 0.29) is 18.0 Å². The highest BCUT2D eigenvalue weighted by atomic mass is 35.5. The maximum atomic E-state index is 12.8. The molecule has 1 amide bonds. The summed E-state index contributed by atoms with van der Waals surface area (Å²) in [5.41, 5.74) is 1.56. The Morgan fingerprint density at radius 1 is 1.27 bits per heavy atom. The molecule has 0 radical (unpaired) electrons. The average Bonchev–Trinajstić information content (AvgIpc) is 3.46. The zero-order chi connectivity index (χ0) is 20.8. The van der Waals surface area contributed by atoms with Crippen LogP contribution in [-0.2, 0) is 19.5 Å². The van der Waals surface area contributed by atoms with Crippen LogP contribution in [0.4, 0.5) is 0 Å². The Kier molecular flexibility index (Phi) is 4.72. The lowest BCUT2D eigenvalue weighted by Gasteiger charge is -2.03. The van der Waals surface area contributed by atoms with Crippen molar-refractivity contribution < 1.29 is 9.21 Å². The van der Waals surface area contributed by atoms with Crippen molar-refractivity contribution in [2.75, 3.05) is 0 Å². The Labute approximate surface area is 181 Å².